The highest BCUT2D eigenvalue weighted by molar-refractivity contribution is 7.10. The topological polar surface area (TPSA) is 48.9 Å². The second kappa shape index (κ2) is 10.2. The highest BCUT2D eigenvalue weighted by atomic mass is 32.1. The third-order valence-electron chi connectivity index (χ3n) is 4.55. The highest BCUT2D eigenvalue weighted by Gasteiger charge is 2.24. The summed E-state index contributed by atoms with van der Waals surface area (Å²) in [5.41, 5.74) is 0. The Morgan fingerprint density at radius 2 is 1.96 bits per heavy atom. The zero-order chi connectivity index (χ0) is 18.0. The molecule has 1 saturated heterocycles. The minimum Gasteiger partial charge on any atom is -0.492 e. The molecule has 1 atom stereocenters. The molecule has 2 heterocycles. The molecule has 5 nitrogen and oxygen atoms in total. The number of para-hydroxylation sites is 1. The fraction of sp³-hybridized carbons (Fsp3) is 0.450. The first-order valence-corrected chi connectivity index (χ1v) is 10.1. The molecule has 2 aromatic rings. The van der Waals surface area contributed by atoms with Crippen LogP contribution >= 0.6 is 11.3 Å². The average molecular weight is 373 g/mol. The summed E-state index contributed by atoms with van der Waals surface area (Å²) < 4.78 is 5.71. The Balaban J connectivity index is 1.44. The lowest BCUT2D eigenvalue weighted by Crippen LogP contribution is -2.43. The van der Waals surface area contributed by atoms with Crippen LogP contribution in [0.5, 0.6) is 5.75 Å². The van der Waals surface area contributed by atoms with Gasteiger partial charge < -0.3 is 15.4 Å². The predicted octanol–water partition coefficient (Wildman–Crippen LogP) is 3.13. The van der Waals surface area contributed by atoms with Crippen LogP contribution in [0, 0.1) is 0 Å². The summed E-state index contributed by atoms with van der Waals surface area (Å²) in [6.45, 7) is 4.54. The molecule has 1 unspecified atom stereocenters. The van der Waals surface area contributed by atoms with Crippen LogP contribution in [0.25, 0.3) is 0 Å². The van der Waals surface area contributed by atoms with Crippen LogP contribution in [-0.4, -0.2) is 50.7 Å². The maximum atomic E-state index is 5.71. The van der Waals surface area contributed by atoms with Crippen LogP contribution in [0.1, 0.15) is 23.8 Å². The van der Waals surface area contributed by atoms with Gasteiger partial charge in [0, 0.05) is 18.5 Å². The fourth-order valence-corrected chi connectivity index (χ4v) is 4.07. The molecule has 0 spiro atoms. The van der Waals surface area contributed by atoms with Crippen LogP contribution in [-0.2, 0) is 0 Å². The van der Waals surface area contributed by atoms with Crippen molar-refractivity contribution in [3.63, 3.8) is 0 Å². The third kappa shape index (κ3) is 5.47. The minimum absolute atomic E-state index is 0.414. The van der Waals surface area contributed by atoms with Crippen LogP contribution < -0.4 is 15.4 Å². The quantitative estimate of drug-likeness (QED) is 0.425. The summed E-state index contributed by atoms with van der Waals surface area (Å²) in [4.78, 5) is 8.33. The van der Waals surface area contributed by atoms with Gasteiger partial charge >= 0.3 is 0 Å². The van der Waals surface area contributed by atoms with E-state index in [1.165, 1.54) is 30.8 Å². The maximum absolute atomic E-state index is 5.71. The van der Waals surface area contributed by atoms with Gasteiger partial charge in [-0.1, -0.05) is 24.3 Å². The highest BCUT2D eigenvalue weighted by Crippen LogP contribution is 2.27. The van der Waals surface area contributed by atoms with Gasteiger partial charge in [-0.2, -0.15) is 0 Å². The van der Waals surface area contributed by atoms with E-state index in [0.717, 1.165) is 18.3 Å². The molecule has 6 heteroatoms. The second-order valence-corrected chi connectivity index (χ2v) is 7.29. The van der Waals surface area contributed by atoms with E-state index in [0.29, 0.717) is 19.2 Å². The van der Waals surface area contributed by atoms with Crippen molar-refractivity contribution < 1.29 is 4.74 Å². The average Bonchev–Trinajstić information content (AvgIpc) is 3.39. The van der Waals surface area contributed by atoms with Crippen molar-refractivity contribution in [1.29, 1.82) is 0 Å². The molecule has 0 aliphatic carbocycles. The molecule has 3 rings (SSSR count). The Morgan fingerprint density at radius 3 is 2.65 bits per heavy atom. The van der Waals surface area contributed by atoms with Gasteiger partial charge in [-0.15, -0.1) is 11.3 Å². The summed E-state index contributed by atoms with van der Waals surface area (Å²) in [6.07, 6.45) is 2.59. The Kier molecular flexibility index (Phi) is 7.34. The third-order valence-corrected chi connectivity index (χ3v) is 5.52. The van der Waals surface area contributed by atoms with Crippen LogP contribution in [0.4, 0.5) is 0 Å². The molecule has 1 aromatic carbocycles. The van der Waals surface area contributed by atoms with E-state index in [4.69, 9.17) is 4.74 Å². The van der Waals surface area contributed by atoms with Crippen LogP contribution in [0.2, 0.25) is 0 Å². The van der Waals surface area contributed by atoms with Crippen LogP contribution in [0.15, 0.2) is 52.8 Å². The summed E-state index contributed by atoms with van der Waals surface area (Å²) in [5.74, 6) is 1.71. The lowest BCUT2D eigenvalue weighted by atomic mass is 10.2. The number of guanidine groups is 1. The van der Waals surface area contributed by atoms with Gasteiger partial charge in [-0.25, -0.2) is 0 Å². The van der Waals surface area contributed by atoms with E-state index in [-0.39, 0.29) is 0 Å². The van der Waals surface area contributed by atoms with Crippen molar-refractivity contribution in [2.45, 2.75) is 18.9 Å². The van der Waals surface area contributed by atoms with Crippen molar-refractivity contribution in [3.05, 3.63) is 52.7 Å². The molecule has 26 heavy (non-hydrogen) atoms. The number of likely N-dealkylation sites (tertiary alicyclic amines) is 1. The largest absolute Gasteiger partial charge is 0.492 e. The Hall–Kier alpha value is -2.05. The SMILES string of the molecule is CN=C(NCCOc1ccccc1)NCC(c1cccs1)N1CCCC1. The number of hydrogen-bond acceptors (Lipinski definition) is 4. The molecular weight excluding hydrogens is 344 g/mol. The molecule has 0 saturated carbocycles. The number of benzene rings is 1. The molecule has 140 valence electrons. The number of ether oxygens (including phenoxy) is 1. The molecule has 2 N–H and O–H groups in total. The molecule has 1 fully saturated rings. The van der Waals surface area contributed by atoms with E-state index in [1.54, 1.807) is 0 Å². The fourth-order valence-electron chi connectivity index (χ4n) is 3.21. The Bertz CT molecular complexity index is 654. The molecule has 0 radical (unpaired) electrons. The van der Waals surface area contributed by atoms with Gasteiger partial charge in [-0.05, 0) is 49.5 Å². The minimum atomic E-state index is 0.414. The number of thiophene rings is 1. The lowest BCUT2D eigenvalue weighted by molar-refractivity contribution is 0.248. The van der Waals surface area contributed by atoms with Crippen molar-refractivity contribution in [3.8, 4) is 5.75 Å². The van der Waals surface area contributed by atoms with Crippen molar-refractivity contribution in [1.82, 2.24) is 15.5 Å². The van der Waals surface area contributed by atoms with E-state index >= 15 is 0 Å². The molecule has 1 aliphatic heterocycles. The van der Waals surface area contributed by atoms with Gasteiger partial charge in [0.25, 0.3) is 0 Å². The zero-order valence-electron chi connectivity index (χ0n) is 15.4. The molecule has 0 bridgehead atoms. The van der Waals surface area contributed by atoms with E-state index in [9.17, 15) is 0 Å². The van der Waals surface area contributed by atoms with Crippen molar-refractivity contribution in [2.24, 2.45) is 4.99 Å². The Morgan fingerprint density at radius 1 is 1.15 bits per heavy atom. The van der Waals surface area contributed by atoms with Crippen molar-refractivity contribution in [2.75, 3.05) is 39.8 Å². The molecular formula is C20H28N4OS. The van der Waals surface area contributed by atoms with Crippen LogP contribution in [0.3, 0.4) is 0 Å². The van der Waals surface area contributed by atoms with Crippen molar-refractivity contribution >= 4 is 17.3 Å². The second-order valence-electron chi connectivity index (χ2n) is 6.32. The first-order chi connectivity index (χ1) is 12.9. The lowest BCUT2D eigenvalue weighted by Gasteiger charge is -2.27. The van der Waals surface area contributed by atoms with Gasteiger partial charge in [-0.3, -0.25) is 9.89 Å². The number of aliphatic imine (C=N–C) groups is 1. The summed E-state index contributed by atoms with van der Waals surface area (Å²) in [7, 11) is 1.81. The van der Waals surface area contributed by atoms with E-state index in [1.807, 2.05) is 48.7 Å². The zero-order valence-corrected chi connectivity index (χ0v) is 16.2. The number of nitrogens with zero attached hydrogens (tertiary/aromatic N) is 2. The molecule has 1 aromatic heterocycles. The normalized spacial score (nSPS) is 16.4. The van der Waals surface area contributed by atoms with Gasteiger partial charge in [0.1, 0.15) is 12.4 Å². The monoisotopic (exact) mass is 372 g/mol. The number of nitrogens with one attached hydrogen (secondary N) is 2. The van der Waals surface area contributed by atoms with Gasteiger partial charge in [0.2, 0.25) is 0 Å². The first kappa shape index (κ1) is 18.7. The predicted molar refractivity (Wildman–Crippen MR) is 109 cm³/mol. The standard InChI is InChI=1S/C20H28N4OS/c1-21-20(22-11-14-25-17-8-3-2-4-9-17)23-16-18(19-10-7-15-26-19)24-12-5-6-13-24/h2-4,7-10,15,18H,5-6,11-14,16H2,1H3,(H2,21,22,23). The smallest absolute Gasteiger partial charge is 0.191 e. The first-order valence-electron chi connectivity index (χ1n) is 9.26. The summed E-state index contributed by atoms with van der Waals surface area (Å²) >= 11 is 1.83. The summed E-state index contributed by atoms with van der Waals surface area (Å²) in [5, 5.41) is 8.97. The molecule has 1 aliphatic rings. The maximum Gasteiger partial charge on any atom is 0.191 e. The summed E-state index contributed by atoms with van der Waals surface area (Å²) in [6, 6.07) is 14.7. The number of rotatable bonds is 8. The van der Waals surface area contributed by atoms with Gasteiger partial charge in [0.15, 0.2) is 5.96 Å². The van der Waals surface area contributed by atoms with E-state index < -0.39 is 0 Å². The van der Waals surface area contributed by atoms with E-state index in [2.05, 4.69) is 38.0 Å². The van der Waals surface area contributed by atoms with Gasteiger partial charge in [0.05, 0.1) is 12.6 Å². The number of hydrogen-bond donors (Lipinski definition) is 2. The Labute approximate surface area is 160 Å². The molecule has 0 amide bonds.